The summed E-state index contributed by atoms with van der Waals surface area (Å²) < 4.78 is 40.7. The molecule has 10 heteroatoms. The zero-order chi connectivity index (χ0) is 18.6. The molecule has 0 bridgehead atoms. The van der Waals surface area contributed by atoms with E-state index in [9.17, 15) is 28.1 Å². The van der Waals surface area contributed by atoms with Crippen LogP contribution < -0.4 is 15.8 Å². The van der Waals surface area contributed by atoms with Gasteiger partial charge in [0.05, 0.1) is 4.92 Å². The molecule has 0 aliphatic carbocycles. The maximum absolute atomic E-state index is 12.1. The van der Waals surface area contributed by atoms with Gasteiger partial charge in [0.25, 0.3) is 11.6 Å². The predicted molar refractivity (Wildman–Crippen MR) is 83.5 cm³/mol. The molecule has 0 saturated heterocycles. The van der Waals surface area contributed by atoms with Crippen molar-refractivity contribution < 1.29 is 27.6 Å². The Morgan fingerprint density at radius 3 is 2.40 bits per heavy atom. The largest absolute Gasteiger partial charge is 0.484 e. The van der Waals surface area contributed by atoms with Crippen LogP contribution in [0.2, 0.25) is 0 Å². The normalized spacial score (nSPS) is 11.0. The van der Waals surface area contributed by atoms with Gasteiger partial charge in [-0.25, -0.2) is 0 Å². The van der Waals surface area contributed by atoms with E-state index < -0.39 is 29.3 Å². The van der Waals surface area contributed by atoms with Crippen LogP contribution in [0.25, 0.3) is 0 Å². The molecule has 2 aromatic carbocycles. The maximum atomic E-state index is 12.1. The smallest absolute Gasteiger partial charge is 0.422 e. The molecule has 132 valence electrons. The van der Waals surface area contributed by atoms with Crippen LogP contribution in [0.4, 0.5) is 30.2 Å². The van der Waals surface area contributed by atoms with Gasteiger partial charge in [-0.05, 0) is 36.4 Å². The fourth-order valence-electron chi connectivity index (χ4n) is 1.85. The number of benzene rings is 2. The summed E-state index contributed by atoms with van der Waals surface area (Å²) in [6, 6.07) is 8.79. The fourth-order valence-corrected chi connectivity index (χ4v) is 1.85. The highest BCUT2D eigenvalue weighted by molar-refractivity contribution is 6.05. The number of halogens is 3. The van der Waals surface area contributed by atoms with Gasteiger partial charge < -0.3 is 15.8 Å². The zero-order valence-corrected chi connectivity index (χ0v) is 12.5. The number of carbonyl (C=O) groups excluding carboxylic acids is 1. The SMILES string of the molecule is Nc1ccc(C(=O)Nc2ccc(OCC(F)(F)F)cc2)cc1[N+](=O)[O-]. The number of nitro benzene ring substituents is 1. The van der Waals surface area contributed by atoms with E-state index in [1.54, 1.807) is 0 Å². The van der Waals surface area contributed by atoms with Crippen molar-refractivity contribution in [1.82, 2.24) is 0 Å². The standard InChI is InChI=1S/C15H12F3N3O4/c16-15(17,18)8-25-11-4-2-10(3-5-11)20-14(22)9-1-6-12(19)13(7-9)21(23)24/h1-7H,8,19H2,(H,20,22). The molecule has 0 heterocycles. The average molecular weight is 355 g/mol. The van der Waals surface area contributed by atoms with Gasteiger partial charge in [0, 0.05) is 17.3 Å². The number of anilines is 2. The van der Waals surface area contributed by atoms with E-state index in [0.717, 1.165) is 6.07 Å². The molecule has 0 unspecified atom stereocenters. The van der Waals surface area contributed by atoms with Gasteiger partial charge in [-0.1, -0.05) is 0 Å². The molecule has 0 aliphatic heterocycles. The lowest BCUT2D eigenvalue weighted by atomic mass is 10.1. The van der Waals surface area contributed by atoms with Crippen molar-refractivity contribution >= 4 is 23.0 Å². The van der Waals surface area contributed by atoms with Crippen LogP contribution in [-0.2, 0) is 0 Å². The predicted octanol–water partition coefficient (Wildman–Crippen LogP) is 3.37. The number of alkyl halides is 3. The van der Waals surface area contributed by atoms with E-state index in [4.69, 9.17) is 5.73 Å². The van der Waals surface area contributed by atoms with E-state index >= 15 is 0 Å². The van der Waals surface area contributed by atoms with E-state index in [2.05, 4.69) is 10.1 Å². The van der Waals surface area contributed by atoms with Crippen LogP contribution in [0.15, 0.2) is 42.5 Å². The molecule has 2 rings (SSSR count). The molecule has 0 saturated carbocycles. The maximum Gasteiger partial charge on any atom is 0.422 e. The minimum Gasteiger partial charge on any atom is -0.484 e. The molecule has 0 fully saturated rings. The van der Waals surface area contributed by atoms with Crippen LogP contribution in [0.3, 0.4) is 0 Å². The number of nitrogens with two attached hydrogens (primary N) is 1. The molecule has 25 heavy (non-hydrogen) atoms. The van der Waals surface area contributed by atoms with Crippen LogP contribution >= 0.6 is 0 Å². The van der Waals surface area contributed by atoms with Gasteiger partial charge in [-0.3, -0.25) is 14.9 Å². The van der Waals surface area contributed by atoms with Gasteiger partial charge in [0.2, 0.25) is 0 Å². The molecule has 0 aromatic heterocycles. The number of hydrogen-bond donors (Lipinski definition) is 2. The Kier molecular flexibility index (Phi) is 5.11. The third kappa shape index (κ3) is 5.09. The molecular formula is C15H12F3N3O4. The first-order valence-corrected chi connectivity index (χ1v) is 6.80. The number of rotatable bonds is 5. The third-order valence-corrected chi connectivity index (χ3v) is 3.00. The molecule has 0 radical (unpaired) electrons. The first-order chi connectivity index (χ1) is 11.7. The van der Waals surface area contributed by atoms with E-state index in [1.165, 1.54) is 36.4 Å². The highest BCUT2D eigenvalue weighted by Gasteiger charge is 2.28. The number of ether oxygens (including phenoxy) is 1. The molecule has 0 atom stereocenters. The van der Waals surface area contributed by atoms with Gasteiger partial charge in [0.15, 0.2) is 6.61 Å². The Labute approximate surface area is 139 Å². The molecule has 3 N–H and O–H groups in total. The third-order valence-electron chi connectivity index (χ3n) is 3.00. The van der Waals surface area contributed by atoms with Crippen molar-refractivity contribution in [3.63, 3.8) is 0 Å². The summed E-state index contributed by atoms with van der Waals surface area (Å²) in [5.41, 5.74) is 5.27. The summed E-state index contributed by atoms with van der Waals surface area (Å²) in [6.07, 6.45) is -4.45. The summed E-state index contributed by atoms with van der Waals surface area (Å²) in [4.78, 5) is 22.2. The Morgan fingerprint density at radius 1 is 1.20 bits per heavy atom. The van der Waals surface area contributed by atoms with Crippen LogP contribution in [0.1, 0.15) is 10.4 Å². The number of nitro groups is 1. The quantitative estimate of drug-likeness (QED) is 0.486. The minimum atomic E-state index is -4.45. The summed E-state index contributed by atoms with van der Waals surface area (Å²) in [7, 11) is 0. The Morgan fingerprint density at radius 2 is 1.84 bits per heavy atom. The van der Waals surface area contributed by atoms with Gasteiger partial charge in [-0.15, -0.1) is 0 Å². The number of nitrogens with one attached hydrogen (secondary N) is 1. The Balaban J connectivity index is 2.06. The van der Waals surface area contributed by atoms with Crippen molar-refractivity contribution in [2.45, 2.75) is 6.18 Å². The van der Waals surface area contributed by atoms with Gasteiger partial charge >= 0.3 is 6.18 Å². The summed E-state index contributed by atoms with van der Waals surface area (Å²) >= 11 is 0. The highest BCUT2D eigenvalue weighted by atomic mass is 19.4. The van der Waals surface area contributed by atoms with E-state index in [1.807, 2.05) is 0 Å². The molecule has 0 spiro atoms. The summed E-state index contributed by atoms with van der Waals surface area (Å²) in [5, 5.41) is 13.3. The topological polar surface area (TPSA) is 107 Å². The number of amides is 1. The van der Waals surface area contributed by atoms with Crippen LogP contribution in [-0.4, -0.2) is 23.6 Å². The second kappa shape index (κ2) is 7.07. The second-order valence-electron chi connectivity index (χ2n) is 4.91. The van der Waals surface area contributed by atoms with Crippen molar-refractivity contribution in [1.29, 1.82) is 0 Å². The van der Waals surface area contributed by atoms with Crippen molar-refractivity contribution in [3.05, 3.63) is 58.1 Å². The lowest BCUT2D eigenvalue weighted by Crippen LogP contribution is -2.19. The lowest BCUT2D eigenvalue weighted by molar-refractivity contribution is -0.383. The lowest BCUT2D eigenvalue weighted by Gasteiger charge is -2.10. The molecule has 7 nitrogen and oxygen atoms in total. The van der Waals surface area contributed by atoms with Crippen LogP contribution in [0.5, 0.6) is 5.75 Å². The number of nitrogen functional groups attached to an aromatic ring is 1. The van der Waals surface area contributed by atoms with Crippen molar-refractivity contribution in [3.8, 4) is 5.75 Å². The van der Waals surface area contributed by atoms with E-state index in [-0.39, 0.29) is 22.7 Å². The second-order valence-corrected chi connectivity index (χ2v) is 4.91. The van der Waals surface area contributed by atoms with Crippen LogP contribution in [0, 0.1) is 10.1 Å². The molecule has 2 aromatic rings. The Bertz CT molecular complexity index is 792. The molecule has 0 aliphatic rings. The monoisotopic (exact) mass is 355 g/mol. The highest BCUT2D eigenvalue weighted by Crippen LogP contribution is 2.24. The van der Waals surface area contributed by atoms with Crippen molar-refractivity contribution in [2.75, 3.05) is 17.7 Å². The van der Waals surface area contributed by atoms with Gasteiger partial charge in [-0.2, -0.15) is 13.2 Å². The first-order valence-electron chi connectivity index (χ1n) is 6.80. The Hall–Kier alpha value is -3.30. The average Bonchev–Trinajstić information content (AvgIpc) is 2.53. The van der Waals surface area contributed by atoms with E-state index in [0.29, 0.717) is 0 Å². The van der Waals surface area contributed by atoms with Gasteiger partial charge in [0.1, 0.15) is 11.4 Å². The number of carbonyl (C=O) groups is 1. The number of nitrogens with zero attached hydrogens (tertiary/aromatic N) is 1. The zero-order valence-electron chi connectivity index (χ0n) is 12.5. The number of hydrogen-bond acceptors (Lipinski definition) is 5. The summed E-state index contributed by atoms with van der Waals surface area (Å²) in [6.45, 7) is -1.42. The summed E-state index contributed by atoms with van der Waals surface area (Å²) in [5.74, 6) is -0.648. The fraction of sp³-hybridized carbons (Fsp3) is 0.133. The van der Waals surface area contributed by atoms with Crippen molar-refractivity contribution in [2.24, 2.45) is 0 Å². The minimum absolute atomic E-state index is 0.0123. The first kappa shape index (κ1) is 18.0. The molecule has 1 amide bonds. The molecular weight excluding hydrogens is 343 g/mol.